The summed E-state index contributed by atoms with van der Waals surface area (Å²) >= 11 is 0. The maximum absolute atomic E-state index is 6.21. The van der Waals surface area contributed by atoms with E-state index < -0.39 is 5.79 Å². The lowest BCUT2D eigenvalue weighted by Gasteiger charge is -2.42. The zero-order chi connectivity index (χ0) is 14.8. The van der Waals surface area contributed by atoms with Crippen LogP contribution in [0.1, 0.15) is 24.0 Å². The van der Waals surface area contributed by atoms with Gasteiger partial charge in [0.2, 0.25) is 0 Å². The molecule has 2 aliphatic heterocycles. The zero-order valence-electron chi connectivity index (χ0n) is 13.2. The lowest BCUT2D eigenvalue weighted by molar-refractivity contribution is -0.213. The number of ether oxygens (including phenoxy) is 2. The number of hydrogen-bond donors (Lipinski definition) is 1. The van der Waals surface area contributed by atoms with E-state index in [-0.39, 0.29) is 0 Å². The van der Waals surface area contributed by atoms with E-state index in [1.807, 2.05) is 0 Å². The number of rotatable bonds is 3. The molecular formula is C18H26N2O2. The number of benzene rings is 1. The van der Waals surface area contributed by atoms with Crippen LogP contribution in [0.4, 0.5) is 0 Å². The quantitative estimate of drug-likeness (QED) is 0.922. The van der Waals surface area contributed by atoms with Crippen molar-refractivity contribution in [2.75, 3.05) is 45.9 Å². The molecule has 1 aliphatic carbocycles. The van der Waals surface area contributed by atoms with Crippen LogP contribution in [-0.4, -0.2) is 50.8 Å². The molecule has 4 heteroatoms. The Morgan fingerprint density at radius 1 is 1.14 bits per heavy atom. The molecule has 22 heavy (non-hydrogen) atoms. The number of nitrogens with zero attached hydrogens (tertiary/aromatic N) is 1. The molecule has 4 rings (SSSR count). The molecule has 4 nitrogen and oxygen atoms in total. The summed E-state index contributed by atoms with van der Waals surface area (Å²) in [5.41, 5.74) is 2.69. The first-order chi connectivity index (χ1) is 10.9. The second-order valence-electron chi connectivity index (χ2n) is 6.64. The smallest absolute Gasteiger partial charge is 0.198 e. The highest BCUT2D eigenvalue weighted by Crippen LogP contribution is 2.47. The fourth-order valence-electron chi connectivity index (χ4n) is 4.24. The van der Waals surface area contributed by atoms with Gasteiger partial charge in [0, 0.05) is 37.7 Å². The van der Waals surface area contributed by atoms with E-state index in [1.54, 1.807) is 0 Å². The maximum Gasteiger partial charge on any atom is 0.198 e. The maximum atomic E-state index is 6.21. The van der Waals surface area contributed by atoms with Crippen LogP contribution in [0.15, 0.2) is 24.3 Å². The molecule has 1 N–H and O–H groups in total. The van der Waals surface area contributed by atoms with Gasteiger partial charge in [-0.25, -0.2) is 0 Å². The van der Waals surface area contributed by atoms with Crippen LogP contribution in [0.25, 0.3) is 0 Å². The van der Waals surface area contributed by atoms with Crippen molar-refractivity contribution in [2.24, 2.45) is 5.92 Å². The first-order valence-electron chi connectivity index (χ1n) is 8.68. The third-order valence-corrected chi connectivity index (χ3v) is 5.41. The van der Waals surface area contributed by atoms with Crippen LogP contribution in [0, 0.1) is 5.92 Å². The van der Waals surface area contributed by atoms with Crippen LogP contribution in [0.5, 0.6) is 0 Å². The van der Waals surface area contributed by atoms with E-state index in [2.05, 4.69) is 34.5 Å². The van der Waals surface area contributed by atoms with Crippen molar-refractivity contribution in [2.45, 2.75) is 25.0 Å². The molecule has 0 radical (unpaired) electrons. The molecule has 1 atom stereocenters. The summed E-state index contributed by atoms with van der Waals surface area (Å²) in [5, 5.41) is 3.42. The highest BCUT2D eigenvalue weighted by atomic mass is 16.7. The fourth-order valence-corrected chi connectivity index (χ4v) is 4.24. The Balaban J connectivity index is 1.52. The minimum atomic E-state index is -0.469. The summed E-state index contributed by atoms with van der Waals surface area (Å²) in [4.78, 5) is 2.57. The minimum Gasteiger partial charge on any atom is -0.343 e. The Morgan fingerprint density at radius 3 is 2.73 bits per heavy atom. The Labute approximate surface area is 132 Å². The summed E-state index contributed by atoms with van der Waals surface area (Å²) < 4.78 is 12.4. The largest absolute Gasteiger partial charge is 0.343 e. The van der Waals surface area contributed by atoms with E-state index in [0.29, 0.717) is 5.92 Å². The van der Waals surface area contributed by atoms with Gasteiger partial charge in [-0.2, -0.15) is 0 Å². The standard InChI is InChI=1S/C18H26N2O2/c1-2-4-17-15(3-1)5-6-16(18(17)21-13-14-22-18)7-10-20-11-8-19-9-12-20/h1-4,16,19H,5-14H2. The van der Waals surface area contributed by atoms with Gasteiger partial charge < -0.3 is 19.7 Å². The van der Waals surface area contributed by atoms with E-state index in [9.17, 15) is 0 Å². The van der Waals surface area contributed by atoms with Gasteiger partial charge in [0.1, 0.15) is 0 Å². The molecule has 120 valence electrons. The Kier molecular flexibility index (Phi) is 4.18. The average molecular weight is 302 g/mol. The van der Waals surface area contributed by atoms with Gasteiger partial charge in [0.15, 0.2) is 5.79 Å². The van der Waals surface area contributed by atoms with Crippen LogP contribution in [0.2, 0.25) is 0 Å². The molecule has 2 heterocycles. The third kappa shape index (κ3) is 2.58. The van der Waals surface area contributed by atoms with Crippen molar-refractivity contribution in [3.8, 4) is 0 Å². The highest BCUT2D eigenvalue weighted by molar-refractivity contribution is 5.34. The van der Waals surface area contributed by atoms with Crippen molar-refractivity contribution in [3.05, 3.63) is 35.4 Å². The van der Waals surface area contributed by atoms with Gasteiger partial charge in [0.05, 0.1) is 13.2 Å². The van der Waals surface area contributed by atoms with E-state index in [4.69, 9.17) is 9.47 Å². The van der Waals surface area contributed by atoms with Crippen LogP contribution < -0.4 is 5.32 Å². The Hall–Kier alpha value is -0.940. The molecule has 0 bridgehead atoms. The predicted octanol–water partition coefficient (Wildman–Crippen LogP) is 1.74. The lowest BCUT2D eigenvalue weighted by atomic mass is 9.77. The average Bonchev–Trinajstić information content (AvgIpc) is 3.06. The van der Waals surface area contributed by atoms with Gasteiger partial charge in [-0.05, 0) is 31.4 Å². The van der Waals surface area contributed by atoms with Gasteiger partial charge in [-0.3, -0.25) is 0 Å². The molecule has 1 aromatic carbocycles. The molecular weight excluding hydrogens is 276 g/mol. The molecule has 2 saturated heterocycles. The third-order valence-electron chi connectivity index (χ3n) is 5.41. The number of aryl methyl sites for hydroxylation is 1. The minimum absolute atomic E-state index is 0.469. The molecule has 2 fully saturated rings. The van der Waals surface area contributed by atoms with E-state index in [0.717, 1.165) is 58.8 Å². The van der Waals surface area contributed by atoms with Crippen LogP contribution in [0.3, 0.4) is 0 Å². The molecule has 0 aromatic heterocycles. The van der Waals surface area contributed by atoms with Crippen molar-refractivity contribution >= 4 is 0 Å². The summed E-state index contributed by atoms with van der Waals surface area (Å²) in [5.74, 6) is 0.00266. The Morgan fingerprint density at radius 2 is 1.91 bits per heavy atom. The molecule has 0 amide bonds. The number of fused-ring (bicyclic) bond motifs is 2. The monoisotopic (exact) mass is 302 g/mol. The summed E-state index contributed by atoms with van der Waals surface area (Å²) in [6.45, 7) is 7.16. The first-order valence-corrected chi connectivity index (χ1v) is 8.68. The molecule has 1 unspecified atom stereocenters. The summed E-state index contributed by atoms with van der Waals surface area (Å²) in [6.07, 6.45) is 3.48. The highest BCUT2D eigenvalue weighted by Gasteiger charge is 2.48. The van der Waals surface area contributed by atoms with Crippen molar-refractivity contribution < 1.29 is 9.47 Å². The zero-order valence-corrected chi connectivity index (χ0v) is 13.2. The fraction of sp³-hybridized carbons (Fsp3) is 0.667. The molecule has 1 aromatic rings. The van der Waals surface area contributed by atoms with Crippen molar-refractivity contribution in [1.82, 2.24) is 10.2 Å². The number of hydrogen-bond acceptors (Lipinski definition) is 4. The predicted molar refractivity (Wildman–Crippen MR) is 85.8 cm³/mol. The Bertz CT molecular complexity index is 508. The molecule has 0 saturated carbocycles. The van der Waals surface area contributed by atoms with Crippen LogP contribution >= 0.6 is 0 Å². The second-order valence-corrected chi connectivity index (χ2v) is 6.64. The van der Waals surface area contributed by atoms with Gasteiger partial charge >= 0.3 is 0 Å². The molecule has 3 aliphatic rings. The van der Waals surface area contributed by atoms with E-state index in [1.165, 1.54) is 17.5 Å². The van der Waals surface area contributed by atoms with Crippen molar-refractivity contribution in [3.63, 3.8) is 0 Å². The molecule has 1 spiro atoms. The van der Waals surface area contributed by atoms with Gasteiger partial charge in [0.25, 0.3) is 0 Å². The second kappa shape index (κ2) is 6.28. The van der Waals surface area contributed by atoms with E-state index >= 15 is 0 Å². The lowest BCUT2D eigenvalue weighted by Crippen LogP contribution is -2.46. The first kappa shape index (κ1) is 14.6. The number of nitrogens with one attached hydrogen (secondary N) is 1. The van der Waals surface area contributed by atoms with Crippen molar-refractivity contribution in [1.29, 1.82) is 0 Å². The topological polar surface area (TPSA) is 33.7 Å². The summed E-state index contributed by atoms with van der Waals surface area (Å²) in [7, 11) is 0. The van der Waals surface area contributed by atoms with Gasteiger partial charge in [-0.15, -0.1) is 0 Å². The number of piperazine rings is 1. The normalized spacial score (nSPS) is 27.9. The van der Waals surface area contributed by atoms with Gasteiger partial charge in [-0.1, -0.05) is 24.3 Å². The SMILES string of the molecule is c1ccc2c(c1)CCC(CCN1CCNCC1)C21OCCO1. The summed E-state index contributed by atoms with van der Waals surface area (Å²) in [6, 6.07) is 8.68. The van der Waals surface area contributed by atoms with Crippen LogP contribution in [-0.2, 0) is 21.7 Å².